The minimum absolute atomic E-state index is 0.00894. The second kappa shape index (κ2) is 17.3. The van der Waals surface area contributed by atoms with Crippen molar-refractivity contribution in [2.45, 2.75) is 64.6 Å². The van der Waals surface area contributed by atoms with Gasteiger partial charge in [0.1, 0.15) is 29.6 Å². The number of carbonyl (C=O) groups excluding carboxylic acids is 3. The summed E-state index contributed by atoms with van der Waals surface area (Å²) in [5.41, 5.74) is 1.23. The van der Waals surface area contributed by atoms with E-state index in [1.807, 2.05) is 18.7 Å². The molecule has 0 saturated heterocycles. The maximum absolute atomic E-state index is 13.9. The maximum Gasteiger partial charge on any atom is 0.313 e. The van der Waals surface area contributed by atoms with E-state index in [1.165, 1.54) is 7.11 Å². The monoisotopic (exact) mass is 613 g/mol. The van der Waals surface area contributed by atoms with Gasteiger partial charge in [0, 0.05) is 31.3 Å². The summed E-state index contributed by atoms with van der Waals surface area (Å²) >= 11 is 0. The van der Waals surface area contributed by atoms with Crippen molar-refractivity contribution in [3.63, 3.8) is 0 Å². The van der Waals surface area contributed by atoms with Crippen LogP contribution in [-0.4, -0.2) is 66.7 Å². The number of halogens is 2. The van der Waals surface area contributed by atoms with Gasteiger partial charge in [-0.2, -0.15) is 0 Å². The first kappa shape index (κ1) is 34.4. The highest BCUT2D eigenvalue weighted by Gasteiger charge is 2.24. The molecule has 0 aliphatic rings. The lowest BCUT2D eigenvalue weighted by Crippen LogP contribution is -2.48. The minimum Gasteiger partial charge on any atom is -0.469 e. The van der Waals surface area contributed by atoms with Gasteiger partial charge >= 0.3 is 5.97 Å². The average molecular weight is 614 g/mol. The Morgan fingerprint density at radius 1 is 0.932 bits per heavy atom. The molecule has 44 heavy (non-hydrogen) atoms. The summed E-state index contributed by atoms with van der Waals surface area (Å²) in [6, 6.07) is 12.2. The number of benzene rings is 2. The van der Waals surface area contributed by atoms with E-state index in [1.54, 1.807) is 36.4 Å². The maximum atomic E-state index is 13.9. The van der Waals surface area contributed by atoms with Gasteiger partial charge in [-0.25, -0.2) is 8.78 Å². The number of furan rings is 1. The van der Waals surface area contributed by atoms with Gasteiger partial charge in [-0.1, -0.05) is 26.0 Å². The van der Waals surface area contributed by atoms with Crippen LogP contribution in [0.25, 0.3) is 0 Å². The number of hydrogen-bond donors (Lipinski definition) is 3. The standard InChI is InChI=1S/C33H41F2N3O6/c1-4-11-38(12-5-2)31(40)17-22-7-6-8-24(13-22)33(42)37-29(16-23-14-25(34)18-26(35)15-23)30(39)21-36-20-28-10-9-27(44-28)19-32(41)43-3/h6-10,13-15,18,29-30,36,39H,4-5,11-12,16-17,19-21H2,1-3H3,(H,37,42)/t29-,30+/m0/s1. The van der Waals surface area contributed by atoms with E-state index < -0.39 is 35.7 Å². The molecular weight excluding hydrogens is 572 g/mol. The Morgan fingerprint density at radius 3 is 2.27 bits per heavy atom. The van der Waals surface area contributed by atoms with E-state index in [-0.39, 0.29) is 49.4 Å². The Morgan fingerprint density at radius 2 is 1.61 bits per heavy atom. The number of esters is 1. The molecule has 1 aromatic heterocycles. The summed E-state index contributed by atoms with van der Waals surface area (Å²) in [5, 5.41) is 16.9. The topological polar surface area (TPSA) is 121 Å². The summed E-state index contributed by atoms with van der Waals surface area (Å²) in [6.45, 7) is 5.58. The van der Waals surface area contributed by atoms with Crippen LogP contribution in [0.2, 0.25) is 0 Å². The van der Waals surface area contributed by atoms with Crippen molar-refractivity contribution >= 4 is 17.8 Å². The van der Waals surface area contributed by atoms with E-state index in [0.29, 0.717) is 30.2 Å². The molecule has 11 heteroatoms. The van der Waals surface area contributed by atoms with Gasteiger partial charge in [0.15, 0.2) is 0 Å². The molecule has 0 fully saturated rings. The quantitative estimate of drug-likeness (QED) is 0.197. The fourth-order valence-corrected chi connectivity index (χ4v) is 4.84. The number of rotatable bonds is 17. The van der Waals surface area contributed by atoms with E-state index in [9.17, 15) is 28.3 Å². The van der Waals surface area contributed by atoms with Gasteiger partial charge in [-0.15, -0.1) is 0 Å². The molecule has 0 radical (unpaired) electrons. The number of methoxy groups -OCH3 is 1. The Hall–Kier alpha value is -4.09. The van der Waals surface area contributed by atoms with Crippen LogP contribution in [0, 0.1) is 11.6 Å². The van der Waals surface area contributed by atoms with Crippen molar-refractivity contribution in [3.8, 4) is 0 Å². The second-order valence-corrected chi connectivity index (χ2v) is 10.6. The number of aliphatic hydroxyl groups excluding tert-OH is 1. The van der Waals surface area contributed by atoms with Crippen LogP contribution >= 0.6 is 0 Å². The molecule has 0 unspecified atom stereocenters. The molecule has 0 spiro atoms. The summed E-state index contributed by atoms with van der Waals surface area (Å²) < 4.78 is 38.1. The normalized spacial score (nSPS) is 12.4. The SMILES string of the molecule is CCCN(CCC)C(=O)Cc1cccc(C(=O)N[C@@H](Cc2cc(F)cc(F)c2)[C@H](O)CNCc2ccc(CC(=O)OC)o2)c1. The molecule has 0 aliphatic heterocycles. The van der Waals surface area contributed by atoms with Crippen LogP contribution in [0.5, 0.6) is 0 Å². The first-order chi connectivity index (χ1) is 21.1. The lowest BCUT2D eigenvalue weighted by Gasteiger charge is -2.25. The van der Waals surface area contributed by atoms with Gasteiger partial charge < -0.3 is 29.8 Å². The van der Waals surface area contributed by atoms with Crippen LogP contribution in [-0.2, 0) is 40.1 Å². The van der Waals surface area contributed by atoms with Crippen molar-refractivity contribution in [1.29, 1.82) is 0 Å². The van der Waals surface area contributed by atoms with E-state index in [2.05, 4.69) is 15.4 Å². The van der Waals surface area contributed by atoms with E-state index in [0.717, 1.165) is 31.0 Å². The van der Waals surface area contributed by atoms with Gasteiger partial charge in [0.25, 0.3) is 5.91 Å². The van der Waals surface area contributed by atoms with Crippen LogP contribution in [0.15, 0.2) is 59.0 Å². The molecule has 0 aliphatic carbocycles. The number of amides is 2. The zero-order valence-electron chi connectivity index (χ0n) is 25.4. The van der Waals surface area contributed by atoms with E-state index in [4.69, 9.17) is 4.42 Å². The summed E-state index contributed by atoms with van der Waals surface area (Å²) in [7, 11) is 1.29. The van der Waals surface area contributed by atoms with Crippen LogP contribution in [0.1, 0.15) is 59.7 Å². The molecular formula is C33H41F2N3O6. The van der Waals surface area contributed by atoms with Gasteiger partial charge in [-0.3, -0.25) is 14.4 Å². The van der Waals surface area contributed by atoms with Gasteiger partial charge in [0.05, 0.1) is 32.2 Å². The smallest absolute Gasteiger partial charge is 0.313 e. The first-order valence-electron chi connectivity index (χ1n) is 14.8. The zero-order chi connectivity index (χ0) is 32.1. The molecule has 238 valence electrons. The van der Waals surface area contributed by atoms with Crippen molar-refractivity contribution in [2.75, 3.05) is 26.7 Å². The molecule has 1 heterocycles. The average Bonchev–Trinajstić information content (AvgIpc) is 3.42. The first-order valence-corrected chi connectivity index (χ1v) is 14.8. The molecule has 3 rings (SSSR count). The van der Waals surface area contributed by atoms with E-state index >= 15 is 0 Å². The third-order valence-electron chi connectivity index (χ3n) is 6.96. The molecule has 3 N–H and O–H groups in total. The fraction of sp³-hybridized carbons (Fsp3) is 0.424. The highest BCUT2D eigenvalue weighted by molar-refractivity contribution is 5.95. The van der Waals surface area contributed by atoms with Crippen LogP contribution in [0.4, 0.5) is 8.78 Å². The summed E-state index contributed by atoms with van der Waals surface area (Å²) in [6.07, 6.45) is 0.626. The Bertz CT molecular complexity index is 1370. The number of aliphatic hydroxyl groups is 1. The molecule has 2 aromatic carbocycles. The highest BCUT2D eigenvalue weighted by atomic mass is 19.1. The van der Waals surface area contributed by atoms with Crippen molar-refractivity contribution in [1.82, 2.24) is 15.5 Å². The third kappa shape index (κ3) is 10.9. The van der Waals surface area contributed by atoms with Crippen LogP contribution < -0.4 is 10.6 Å². The zero-order valence-corrected chi connectivity index (χ0v) is 25.4. The lowest BCUT2D eigenvalue weighted by molar-refractivity contribution is -0.140. The fourth-order valence-electron chi connectivity index (χ4n) is 4.84. The number of nitrogens with one attached hydrogen (secondary N) is 2. The summed E-state index contributed by atoms with van der Waals surface area (Å²) in [5.74, 6) is -1.54. The highest BCUT2D eigenvalue weighted by Crippen LogP contribution is 2.15. The number of ether oxygens (including phenoxy) is 1. The van der Waals surface area contributed by atoms with Gasteiger partial charge in [-0.05, 0) is 66.8 Å². The number of hydrogen-bond acceptors (Lipinski definition) is 7. The molecule has 2 atom stereocenters. The lowest BCUT2D eigenvalue weighted by atomic mass is 9.99. The third-order valence-corrected chi connectivity index (χ3v) is 6.96. The van der Waals surface area contributed by atoms with Gasteiger partial charge in [0.2, 0.25) is 5.91 Å². The number of carbonyl (C=O) groups is 3. The predicted molar refractivity (Wildman–Crippen MR) is 161 cm³/mol. The molecule has 3 aromatic rings. The largest absolute Gasteiger partial charge is 0.469 e. The second-order valence-electron chi connectivity index (χ2n) is 10.6. The van der Waals surface area contributed by atoms with Crippen molar-refractivity contribution < 1.29 is 37.4 Å². The summed E-state index contributed by atoms with van der Waals surface area (Å²) in [4.78, 5) is 39.5. The Balaban J connectivity index is 1.70. The van der Waals surface area contributed by atoms with Crippen molar-refractivity contribution in [3.05, 3.63) is 94.4 Å². The molecule has 0 saturated carbocycles. The predicted octanol–water partition coefficient (Wildman–Crippen LogP) is 3.96. The minimum atomic E-state index is -1.16. The molecule has 9 nitrogen and oxygen atoms in total. The van der Waals surface area contributed by atoms with Crippen LogP contribution in [0.3, 0.4) is 0 Å². The van der Waals surface area contributed by atoms with Crippen molar-refractivity contribution in [2.24, 2.45) is 0 Å². The molecule has 0 bridgehead atoms. The Labute approximate surface area is 256 Å². The Kier molecular flexibility index (Phi) is 13.5. The number of nitrogens with zero attached hydrogens (tertiary/aromatic N) is 1. The molecule has 2 amide bonds.